The molecule has 1 amide bonds. The van der Waals surface area contributed by atoms with Gasteiger partial charge in [0.25, 0.3) is 0 Å². The lowest BCUT2D eigenvalue weighted by atomic mass is 10.1. The number of nitrogens with two attached hydrogens (primary N) is 1. The lowest BCUT2D eigenvalue weighted by Gasteiger charge is -2.21. The summed E-state index contributed by atoms with van der Waals surface area (Å²) in [4.78, 5) is 14.5. The number of anilines is 1. The summed E-state index contributed by atoms with van der Waals surface area (Å²) in [6, 6.07) is 15.8. The number of fused-ring (bicyclic) bond motifs is 1. The van der Waals surface area contributed by atoms with Gasteiger partial charge in [0.05, 0.1) is 23.6 Å². The molecule has 0 saturated carbocycles. The average Bonchev–Trinajstić information content (AvgIpc) is 3.10. The normalized spacial score (nSPS) is 12.1. The Morgan fingerprint density at radius 2 is 1.92 bits per heavy atom. The van der Waals surface area contributed by atoms with Gasteiger partial charge in [-0.15, -0.1) is 0 Å². The molecule has 3 N–H and O–H groups in total. The van der Waals surface area contributed by atoms with E-state index in [2.05, 4.69) is 31.1 Å². The summed E-state index contributed by atoms with van der Waals surface area (Å²) in [6.07, 6.45) is 0.889. The predicted molar refractivity (Wildman–Crippen MR) is 102 cm³/mol. The highest BCUT2D eigenvalue weighted by Crippen LogP contribution is 2.38. The van der Waals surface area contributed by atoms with Crippen LogP contribution in [-0.4, -0.2) is 37.0 Å². The number of carbonyl (C=O) groups excluding carboxylic acids is 1. The van der Waals surface area contributed by atoms with Gasteiger partial charge < -0.3 is 11.1 Å². The Morgan fingerprint density at radius 3 is 2.72 bits per heavy atom. The van der Waals surface area contributed by atoms with Gasteiger partial charge in [-0.25, -0.2) is 0 Å². The minimum atomic E-state index is -0.0676. The van der Waals surface area contributed by atoms with E-state index in [1.54, 1.807) is 0 Å². The van der Waals surface area contributed by atoms with Crippen molar-refractivity contribution in [3.05, 3.63) is 54.1 Å². The molecule has 3 rings (SSSR count). The maximum Gasteiger partial charge on any atom is 0.238 e. The summed E-state index contributed by atoms with van der Waals surface area (Å²) < 4.78 is 8.44. The van der Waals surface area contributed by atoms with E-state index in [1.165, 1.54) is 5.56 Å². The summed E-state index contributed by atoms with van der Waals surface area (Å²) >= 11 is 1.14. The number of benzene rings is 2. The van der Waals surface area contributed by atoms with E-state index >= 15 is 0 Å². The molecule has 130 valence electrons. The van der Waals surface area contributed by atoms with E-state index in [0.717, 1.165) is 35.7 Å². The van der Waals surface area contributed by atoms with Crippen LogP contribution >= 0.6 is 0 Å². The molecule has 0 aliphatic carbocycles. The van der Waals surface area contributed by atoms with Crippen molar-refractivity contribution in [2.45, 2.75) is 6.42 Å². The largest absolute Gasteiger partial charge is 0.329 e. The molecule has 0 bridgehead atoms. The molecule has 0 saturated heterocycles. The fourth-order valence-corrected chi connectivity index (χ4v) is 3.23. The van der Waals surface area contributed by atoms with Crippen LogP contribution in [0.1, 0.15) is 5.56 Å². The standard InChI is InChI=1S/C18H21N5OS/c19-10-12-23(11-9-14-5-2-1-3-6-14)13-17(24)20-15-7-4-8-16-18(15)22-25-21-16/h1-8H,9-13,19H2,(H,20,24). The Hall–Kier alpha value is -2.35. The van der Waals surface area contributed by atoms with Crippen molar-refractivity contribution in [1.82, 2.24) is 4.90 Å². The topological polar surface area (TPSA) is 83.1 Å². The Kier molecular flexibility index (Phi) is 6.05. The SMILES string of the molecule is NCCN(CCc1ccccc1)CC(=O)Nc1cccc2c1N=S=N2. The number of amides is 1. The van der Waals surface area contributed by atoms with Crippen LogP contribution < -0.4 is 11.1 Å². The molecule has 0 atom stereocenters. The summed E-state index contributed by atoms with van der Waals surface area (Å²) in [6.45, 7) is 2.30. The highest BCUT2D eigenvalue weighted by molar-refractivity contribution is 7.58. The molecule has 0 unspecified atom stereocenters. The Balaban J connectivity index is 1.57. The fourth-order valence-electron chi connectivity index (χ4n) is 2.68. The van der Waals surface area contributed by atoms with Gasteiger partial charge in [-0.05, 0) is 24.1 Å². The third kappa shape index (κ3) is 4.82. The van der Waals surface area contributed by atoms with E-state index < -0.39 is 0 Å². The fraction of sp³-hybridized carbons (Fsp3) is 0.278. The zero-order valence-electron chi connectivity index (χ0n) is 13.9. The van der Waals surface area contributed by atoms with Crippen LogP contribution in [0.2, 0.25) is 0 Å². The number of hydrogen-bond acceptors (Lipinski definition) is 5. The maximum atomic E-state index is 12.4. The van der Waals surface area contributed by atoms with Gasteiger partial charge in [-0.1, -0.05) is 36.4 Å². The number of hydrogen-bond donors (Lipinski definition) is 2. The van der Waals surface area contributed by atoms with Gasteiger partial charge >= 0.3 is 0 Å². The monoisotopic (exact) mass is 355 g/mol. The highest BCUT2D eigenvalue weighted by atomic mass is 32.1. The van der Waals surface area contributed by atoms with Crippen molar-refractivity contribution in [2.24, 2.45) is 14.5 Å². The van der Waals surface area contributed by atoms with Crippen molar-refractivity contribution in [3.8, 4) is 0 Å². The zero-order valence-corrected chi connectivity index (χ0v) is 14.7. The molecule has 0 radical (unpaired) electrons. The Bertz CT molecular complexity index is 802. The minimum absolute atomic E-state index is 0.0676. The first kappa shape index (κ1) is 17.5. The van der Waals surface area contributed by atoms with Gasteiger partial charge in [0.1, 0.15) is 11.4 Å². The van der Waals surface area contributed by atoms with Crippen LogP contribution in [-0.2, 0) is 22.6 Å². The van der Waals surface area contributed by atoms with Crippen LogP contribution in [0.5, 0.6) is 0 Å². The minimum Gasteiger partial charge on any atom is -0.329 e. The number of nitrogens with zero attached hydrogens (tertiary/aromatic N) is 3. The molecule has 0 fully saturated rings. The lowest BCUT2D eigenvalue weighted by Crippen LogP contribution is -2.38. The predicted octanol–water partition coefficient (Wildman–Crippen LogP) is 2.85. The van der Waals surface area contributed by atoms with E-state index in [-0.39, 0.29) is 5.91 Å². The summed E-state index contributed by atoms with van der Waals surface area (Å²) in [5.41, 5.74) is 9.18. The number of rotatable bonds is 8. The molecule has 0 aromatic heterocycles. The maximum absolute atomic E-state index is 12.4. The quantitative estimate of drug-likeness (QED) is 0.652. The second kappa shape index (κ2) is 8.66. The van der Waals surface area contributed by atoms with Crippen molar-refractivity contribution in [1.29, 1.82) is 0 Å². The Morgan fingerprint density at radius 1 is 1.08 bits per heavy atom. The van der Waals surface area contributed by atoms with E-state index in [4.69, 9.17) is 5.73 Å². The van der Waals surface area contributed by atoms with Crippen molar-refractivity contribution in [2.75, 3.05) is 31.5 Å². The third-order valence-corrected chi connectivity index (χ3v) is 4.47. The van der Waals surface area contributed by atoms with Crippen LogP contribution in [0.25, 0.3) is 0 Å². The van der Waals surface area contributed by atoms with Gasteiger partial charge in [0.2, 0.25) is 5.91 Å². The number of nitrogens with one attached hydrogen (secondary N) is 1. The molecule has 2 aromatic rings. The second-order valence-electron chi connectivity index (χ2n) is 5.79. The van der Waals surface area contributed by atoms with E-state index in [9.17, 15) is 4.79 Å². The molecule has 2 aromatic carbocycles. The summed E-state index contributed by atoms with van der Waals surface area (Å²) in [7, 11) is 0. The molecular formula is C18H21N5OS. The molecule has 0 spiro atoms. The van der Waals surface area contributed by atoms with Crippen molar-refractivity contribution >= 4 is 34.3 Å². The lowest BCUT2D eigenvalue weighted by molar-refractivity contribution is -0.117. The van der Waals surface area contributed by atoms with Gasteiger partial charge in [0.15, 0.2) is 0 Å². The first-order chi connectivity index (χ1) is 12.3. The van der Waals surface area contributed by atoms with Gasteiger partial charge in [-0.3, -0.25) is 9.69 Å². The van der Waals surface area contributed by atoms with Crippen LogP contribution in [0.4, 0.5) is 17.1 Å². The molecule has 1 heterocycles. The smallest absolute Gasteiger partial charge is 0.238 e. The average molecular weight is 355 g/mol. The number of carbonyl (C=O) groups is 1. The van der Waals surface area contributed by atoms with Crippen molar-refractivity contribution < 1.29 is 4.79 Å². The molecule has 1 aliphatic rings. The highest BCUT2D eigenvalue weighted by Gasteiger charge is 2.15. The summed E-state index contributed by atoms with van der Waals surface area (Å²) in [5.74, 6) is -0.0676. The van der Waals surface area contributed by atoms with Gasteiger partial charge in [0, 0.05) is 19.6 Å². The van der Waals surface area contributed by atoms with Crippen LogP contribution in [0.3, 0.4) is 0 Å². The van der Waals surface area contributed by atoms with Crippen LogP contribution in [0, 0.1) is 0 Å². The third-order valence-electron chi connectivity index (χ3n) is 3.93. The first-order valence-electron chi connectivity index (χ1n) is 8.24. The van der Waals surface area contributed by atoms with E-state index in [1.807, 2.05) is 36.4 Å². The van der Waals surface area contributed by atoms with Gasteiger partial charge in [-0.2, -0.15) is 8.73 Å². The Labute approximate surface area is 150 Å². The second-order valence-corrected chi connectivity index (χ2v) is 6.31. The molecule has 7 heteroatoms. The van der Waals surface area contributed by atoms with Crippen LogP contribution in [0.15, 0.2) is 57.3 Å². The zero-order chi connectivity index (χ0) is 17.5. The molecular weight excluding hydrogens is 334 g/mol. The first-order valence-corrected chi connectivity index (χ1v) is 8.97. The molecule has 1 aliphatic heterocycles. The van der Waals surface area contributed by atoms with E-state index in [0.29, 0.717) is 25.3 Å². The summed E-state index contributed by atoms with van der Waals surface area (Å²) in [5, 5.41) is 2.94. The van der Waals surface area contributed by atoms with Crippen molar-refractivity contribution in [3.63, 3.8) is 0 Å². The molecule has 25 heavy (non-hydrogen) atoms. The molecule has 6 nitrogen and oxygen atoms in total.